The average Bonchev–Trinajstić information content (AvgIpc) is 2.83. The molecule has 0 radical (unpaired) electrons. The fraction of sp³-hybridized carbons (Fsp3) is 1.00. The summed E-state index contributed by atoms with van der Waals surface area (Å²) < 4.78 is 0. The lowest BCUT2D eigenvalue weighted by atomic mass is 9.76. The minimum atomic E-state index is -0.374. The molecule has 14 heavy (non-hydrogen) atoms. The van der Waals surface area contributed by atoms with Crippen LogP contribution in [0.1, 0.15) is 51.9 Å². The largest absolute Gasteiger partial charge is 0.390 e. The van der Waals surface area contributed by atoms with Crippen molar-refractivity contribution in [1.29, 1.82) is 0 Å². The highest BCUT2D eigenvalue weighted by atomic mass is 16.3. The summed E-state index contributed by atoms with van der Waals surface area (Å²) in [6.45, 7) is 2.03. The molecule has 0 amide bonds. The molecule has 2 saturated heterocycles. The molecule has 2 bridgehead atoms. The van der Waals surface area contributed by atoms with Crippen molar-refractivity contribution in [3.8, 4) is 0 Å². The van der Waals surface area contributed by atoms with Crippen LogP contribution in [0.2, 0.25) is 0 Å². The summed E-state index contributed by atoms with van der Waals surface area (Å²) in [6, 6.07) is 2.29. The van der Waals surface area contributed by atoms with Crippen molar-refractivity contribution in [1.82, 2.24) is 4.90 Å². The van der Waals surface area contributed by atoms with Crippen molar-refractivity contribution in [2.24, 2.45) is 0 Å². The van der Waals surface area contributed by atoms with Gasteiger partial charge in [-0.05, 0) is 45.4 Å². The van der Waals surface area contributed by atoms with Crippen LogP contribution in [0.25, 0.3) is 0 Å². The van der Waals surface area contributed by atoms with Gasteiger partial charge >= 0.3 is 0 Å². The molecule has 2 atom stereocenters. The summed E-state index contributed by atoms with van der Waals surface area (Å²) >= 11 is 0. The molecular formula is C12H21NO. The number of hydrogen-bond donors (Lipinski definition) is 1. The molecule has 3 fully saturated rings. The van der Waals surface area contributed by atoms with E-state index in [9.17, 15) is 5.11 Å². The number of aliphatic hydroxyl groups is 1. The SMILES string of the molecule is CC1(O)C[C@H]2CCC[C@H](C1)N2C1CC1. The van der Waals surface area contributed by atoms with Gasteiger partial charge in [0, 0.05) is 18.1 Å². The van der Waals surface area contributed by atoms with E-state index >= 15 is 0 Å². The van der Waals surface area contributed by atoms with Crippen molar-refractivity contribution in [3.05, 3.63) is 0 Å². The summed E-state index contributed by atoms with van der Waals surface area (Å²) in [6.07, 6.45) is 8.88. The predicted molar refractivity (Wildman–Crippen MR) is 56.1 cm³/mol. The van der Waals surface area contributed by atoms with E-state index < -0.39 is 0 Å². The lowest BCUT2D eigenvalue weighted by molar-refractivity contribution is -0.0848. The van der Waals surface area contributed by atoms with Gasteiger partial charge in [0.15, 0.2) is 0 Å². The van der Waals surface area contributed by atoms with E-state index in [4.69, 9.17) is 0 Å². The van der Waals surface area contributed by atoms with Crippen LogP contribution in [0.4, 0.5) is 0 Å². The van der Waals surface area contributed by atoms with E-state index in [1.165, 1.54) is 32.1 Å². The van der Waals surface area contributed by atoms with Crippen LogP contribution in [0, 0.1) is 0 Å². The van der Waals surface area contributed by atoms with Crippen LogP contribution in [0.5, 0.6) is 0 Å². The lowest BCUT2D eigenvalue weighted by Crippen LogP contribution is -2.57. The Labute approximate surface area is 86.3 Å². The van der Waals surface area contributed by atoms with Crippen molar-refractivity contribution in [3.63, 3.8) is 0 Å². The molecule has 2 nitrogen and oxygen atoms in total. The molecule has 1 aliphatic carbocycles. The van der Waals surface area contributed by atoms with E-state index in [0.717, 1.165) is 18.9 Å². The fourth-order valence-electron chi connectivity index (χ4n) is 3.67. The number of piperidine rings is 2. The van der Waals surface area contributed by atoms with Crippen LogP contribution in [0.15, 0.2) is 0 Å². The van der Waals surface area contributed by atoms with Gasteiger partial charge in [0.2, 0.25) is 0 Å². The Bertz CT molecular complexity index is 218. The molecule has 0 aromatic carbocycles. The van der Waals surface area contributed by atoms with Gasteiger partial charge in [-0.15, -0.1) is 0 Å². The van der Waals surface area contributed by atoms with E-state index in [1.54, 1.807) is 0 Å². The topological polar surface area (TPSA) is 23.5 Å². The summed E-state index contributed by atoms with van der Waals surface area (Å²) in [4.78, 5) is 2.75. The molecule has 0 aromatic heterocycles. The third-order valence-corrected chi connectivity index (χ3v) is 4.24. The van der Waals surface area contributed by atoms with Crippen molar-refractivity contribution < 1.29 is 5.11 Å². The van der Waals surface area contributed by atoms with E-state index in [2.05, 4.69) is 4.90 Å². The maximum absolute atomic E-state index is 10.2. The molecule has 1 saturated carbocycles. The quantitative estimate of drug-likeness (QED) is 0.691. The number of hydrogen-bond acceptors (Lipinski definition) is 2. The third kappa shape index (κ3) is 1.49. The molecule has 1 N–H and O–H groups in total. The molecule has 3 aliphatic rings. The van der Waals surface area contributed by atoms with Crippen LogP contribution in [0.3, 0.4) is 0 Å². The fourth-order valence-corrected chi connectivity index (χ4v) is 3.67. The van der Waals surface area contributed by atoms with Crippen LogP contribution < -0.4 is 0 Å². The van der Waals surface area contributed by atoms with Crippen LogP contribution in [-0.2, 0) is 0 Å². The number of fused-ring (bicyclic) bond motifs is 2. The Hall–Kier alpha value is -0.0800. The standard InChI is InChI=1S/C12H21NO/c1-12(14)7-10-3-2-4-11(8-12)13(10)9-5-6-9/h9-11,14H,2-8H2,1H3/t10-,11-/m1/s1. The van der Waals surface area contributed by atoms with Gasteiger partial charge < -0.3 is 5.11 Å². The van der Waals surface area contributed by atoms with Crippen molar-refractivity contribution >= 4 is 0 Å². The van der Waals surface area contributed by atoms with Gasteiger partial charge in [-0.2, -0.15) is 0 Å². The van der Waals surface area contributed by atoms with E-state index in [0.29, 0.717) is 12.1 Å². The first-order valence-corrected chi connectivity index (χ1v) is 6.15. The zero-order valence-electron chi connectivity index (χ0n) is 9.08. The molecule has 2 heterocycles. The molecule has 80 valence electrons. The molecule has 0 aromatic rings. The average molecular weight is 195 g/mol. The van der Waals surface area contributed by atoms with Gasteiger partial charge in [-0.1, -0.05) is 6.42 Å². The van der Waals surface area contributed by atoms with Gasteiger partial charge in [0.05, 0.1) is 5.60 Å². The zero-order valence-corrected chi connectivity index (χ0v) is 9.08. The summed E-state index contributed by atoms with van der Waals surface area (Å²) in [5.74, 6) is 0. The van der Waals surface area contributed by atoms with Gasteiger partial charge in [-0.3, -0.25) is 4.90 Å². The smallest absolute Gasteiger partial charge is 0.0649 e. The zero-order chi connectivity index (χ0) is 9.76. The Morgan fingerprint density at radius 2 is 1.57 bits per heavy atom. The molecular weight excluding hydrogens is 174 g/mol. The molecule has 2 heteroatoms. The van der Waals surface area contributed by atoms with Gasteiger partial charge in [-0.25, -0.2) is 0 Å². The van der Waals surface area contributed by atoms with Crippen molar-refractivity contribution in [2.45, 2.75) is 75.6 Å². The monoisotopic (exact) mass is 195 g/mol. The van der Waals surface area contributed by atoms with Crippen LogP contribution >= 0.6 is 0 Å². The molecule has 0 spiro atoms. The first-order valence-electron chi connectivity index (χ1n) is 6.15. The molecule has 0 unspecified atom stereocenters. The number of nitrogens with zero attached hydrogens (tertiary/aromatic N) is 1. The number of rotatable bonds is 1. The van der Waals surface area contributed by atoms with E-state index in [1.807, 2.05) is 6.92 Å². The molecule has 3 rings (SSSR count). The Kier molecular flexibility index (Phi) is 1.94. The van der Waals surface area contributed by atoms with E-state index in [-0.39, 0.29) is 5.60 Å². The maximum Gasteiger partial charge on any atom is 0.0649 e. The summed E-state index contributed by atoms with van der Waals surface area (Å²) in [7, 11) is 0. The van der Waals surface area contributed by atoms with Gasteiger partial charge in [0.1, 0.15) is 0 Å². The second-order valence-electron chi connectivity index (χ2n) is 5.82. The second kappa shape index (κ2) is 2.96. The first kappa shape index (κ1) is 9.17. The van der Waals surface area contributed by atoms with Gasteiger partial charge in [0.25, 0.3) is 0 Å². The lowest BCUT2D eigenvalue weighted by Gasteiger charge is -2.51. The predicted octanol–water partition coefficient (Wildman–Crippen LogP) is 1.92. The minimum absolute atomic E-state index is 0.374. The first-order chi connectivity index (χ1) is 6.66. The Morgan fingerprint density at radius 3 is 2.07 bits per heavy atom. The summed E-state index contributed by atoms with van der Waals surface area (Å²) in [5, 5.41) is 10.2. The van der Waals surface area contributed by atoms with Crippen molar-refractivity contribution in [2.75, 3.05) is 0 Å². The molecule has 2 aliphatic heterocycles. The minimum Gasteiger partial charge on any atom is -0.390 e. The summed E-state index contributed by atoms with van der Waals surface area (Å²) in [5.41, 5.74) is -0.374. The highest BCUT2D eigenvalue weighted by molar-refractivity contribution is 5.03. The highest BCUT2D eigenvalue weighted by Gasteiger charge is 2.47. The normalized spacial score (nSPS) is 49.3. The third-order valence-electron chi connectivity index (χ3n) is 4.24. The maximum atomic E-state index is 10.2. The second-order valence-corrected chi connectivity index (χ2v) is 5.82. The highest BCUT2D eigenvalue weighted by Crippen LogP contribution is 2.44. The Balaban J connectivity index is 1.81. The van der Waals surface area contributed by atoms with Crippen LogP contribution in [-0.4, -0.2) is 33.7 Å². The Morgan fingerprint density at radius 1 is 1.00 bits per heavy atom.